The molecule has 0 bridgehead atoms. The van der Waals surface area contributed by atoms with E-state index in [2.05, 4.69) is 46.2 Å². The Balaban J connectivity index is 0.000000180. The monoisotopic (exact) mass is 1590 g/mol. The number of aryl methyl sites for hydroxylation is 6. The molecule has 12 rings (SSSR count). The van der Waals surface area contributed by atoms with Crippen molar-refractivity contribution in [3.05, 3.63) is 246 Å². The van der Waals surface area contributed by atoms with Crippen molar-refractivity contribution in [2.45, 2.75) is 134 Å². The van der Waals surface area contributed by atoms with E-state index in [0.717, 1.165) is 74.4 Å². The van der Waals surface area contributed by atoms with Gasteiger partial charge in [-0.05, 0) is 218 Å². The zero-order valence-electron chi connectivity index (χ0n) is 64.7. The number of hydrogen-bond donors (Lipinski definition) is 3. The third-order valence-corrected chi connectivity index (χ3v) is 19.6. The topological polar surface area (TPSA) is 319 Å². The number of pyridine rings is 3. The molecule has 0 aliphatic heterocycles. The third-order valence-electron chi connectivity index (χ3n) is 19.0. The number of unbranched alkanes of at least 4 members (excludes halogenated alkanes) is 1. The molecule has 6 aromatic heterocycles. The first-order chi connectivity index (χ1) is 54.0. The molecular formula is C85H89Cl3N12O13. The van der Waals surface area contributed by atoms with Crippen molar-refractivity contribution in [2.24, 2.45) is 23.2 Å². The van der Waals surface area contributed by atoms with E-state index in [9.17, 15) is 43.2 Å². The van der Waals surface area contributed by atoms with Gasteiger partial charge in [-0.25, -0.2) is 18.8 Å². The maximum Gasteiger partial charge on any atom is 0.513 e. The van der Waals surface area contributed by atoms with Gasteiger partial charge in [0, 0.05) is 100 Å². The third kappa shape index (κ3) is 21.2. The first-order valence-corrected chi connectivity index (χ1v) is 38.3. The lowest BCUT2D eigenvalue weighted by Crippen LogP contribution is -2.27. The lowest BCUT2D eigenvalue weighted by molar-refractivity contribution is -0.148. The lowest BCUT2D eigenvalue weighted by atomic mass is 9.91. The van der Waals surface area contributed by atoms with E-state index in [1.54, 1.807) is 152 Å². The van der Waals surface area contributed by atoms with Crippen LogP contribution in [0.15, 0.2) is 164 Å². The number of allylic oxidation sites excluding steroid dienone is 6. The van der Waals surface area contributed by atoms with Crippen molar-refractivity contribution in [2.75, 3.05) is 26.2 Å². The Kier molecular flexibility index (Phi) is 28.3. The van der Waals surface area contributed by atoms with Crippen LogP contribution in [0.2, 0.25) is 15.1 Å². The molecule has 0 radical (unpaired) electrons. The van der Waals surface area contributed by atoms with E-state index < -0.39 is 35.3 Å². The summed E-state index contributed by atoms with van der Waals surface area (Å²) < 4.78 is 27.1. The second-order valence-corrected chi connectivity index (χ2v) is 30.0. The number of Topliss-reactive ketones (excluding diaryl/α,β-unsaturated/α-hetero) is 3. The Morgan fingerprint density at radius 3 is 1.06 bits per heavy atom. The minimum absolute atomic E-state index is 0.0866. The Hall–Kier alpha value is -11.5. The molecule has 25 nitrogen and oxygen atoms in total. The Labute approximate surface area is 669 Å². The standard InChI is InChI=1S/2C29H31ClN4O4.C27H27ClN4O5/c1-17-12-21(34-16-20(30)15-33-34)13-18(2)24(17)25-23(38-28(37)29(3,4)5)14-19(26(25)35)9-11-32-27(36)22-8-6-7-10-31-22;1-4-5-9-25(35)38-24-15-20(10-12-32-29(37)23-8-6-7-11-31-23)28(36)27(24)26-18(2)13-22(14-19(26)3)34-17-21(30)16-33-34;1-4-36-27(35)37-22-13-18(8-10-30-26(34)21-7-5-6-9-29-21)25(33)24(22)23-16(2)11-20(12-17(23)3)32-15-19(28)14-31-32/h6-8,10,12-13,15-16,19H,9,11,14H2,1-5H3,(H,32,36);6-8,11,13-14,16-17,20H,4-5,9-10,12,15H2,1-3H3,(H,32,37);5-7,9,11-12,14-15,18H,4,8,10,13H2,1-3H3,(H,30,34). The molecule has 3 aliphatic rings. The molecule has 3 amide bonds. The van der Waals surface area contributed by atoms with Gasteiger partial charge in [-0.2, -0.15) is 15.3 Å². The highest BCUT2D eigenvalue weighted by atomic mass is 35.5. The summed E-state index contributed by atoms with van der Waals surface area (Å²) in [5, 5.41) is 22.8. The number of amides is 3. The van der Waals surface area contributed by atoms with Crippen molar-refractivity contribution in [3.63, 3.8) is 0 Å². The summed E-state index contributed by atoms with van der Waals surface area (Å²) in [4.78, 5) is 128. The number of carbonyl (C=O) groups is 9. The van der Waals surface area contributed by atoms with Gasteiger partial charge in [-0.15, -0.1) is 0 Å². The molecular weight excluding hydrogens is 1500 g/mol. The maximum atomic E-state index is 13.7. The number of hydrogen-bond acceptors (Lipinski definition) is 19. The molecule has 113 heavy (non-hydrogen) atoms. The van der Waals surface area contributed by atoms with Crippen molar-refractivity contribution in [3.8, 4) is 17.1 Å². The fraction of sp³-hybridized carbons (Fsp3) is 0.329. The van der Waals surface area contributed by atoms with Crippen LogP contribution >= 0.6 is 34.8 Å². The molecule has 3 aromatic carbocycles. The summed E-state index contributed by atoms with van der Waals surface area (Å²) in [5.41, 5.74) is 11.1. The average Bonchev–Trinajstić information content (AvgIpc) is 1.67. The van der Waals surface area contributed by atoms with Gasteiger partial charge in [0.25, 0.3) is 17.7 Å². The average molecular weight is 1590 g/mol. The van der Waals surface area contributed by atoms with E-state index in [1.807, 2.05) is 84.9 Å². The molecule has 3 atom stereocenters. The van der Waals surface area contributed by atoms with Crippen molar-refractivity contribution in [1.29, 1.82) is 0 Å². The van der Waals surface area contributed by atoms with E-state index in [-0.39, 0.29) is 79.3 Å². The molecule has 0 spiro atoms. The van der Waals surface area contributed by atoms with Crippen LogP contribution in [0.5, 0.6) is 0 Å². The number of esters is 2. The van der Waals surface area contributed by atoms with Crippen molar-refractivity contribution in [1.82, 2.24) is 60.2 Å². The van der Waals surface area contributed by atoms with Crippen LogP contribution in [0.25, 0.3) is 33.8 Å². The zero-order valence-corrected chi connectivity index (χ0v) is 67.0. The molecule has 0 saturated carbocycles. The van der Waals surface area contributed by atoms with Crippen molar-refractivity contribution < 1.29 is 62.1 Å². The highest BCUT2D eigenvalue weighted by molar-refractivity contribution is 6.31. The predicted octanol–water partition coefficient (Wildman–Crippen LogP) is 15.5. The molecule has 3 aliphatic carbocycles. The first kappa shape index (κ1) is 83.9. The number of aromatic nitrogens is 9. The number of benzene rings is 3. The number of carbonyl (C=O) groups excluding carboxylic acids is 9. The lowest BCUT2D eigenvalue weighted by Gasteiger charge is -2.19. The van der Waals surface area contributed by atoms with Gasteiger partial charge < -0.3 is 34.9 Å². The summed E-state index contributed by atoms with van der Waals surface area (Å²) in [6.45, 7) is 21.5. The van der Waals surface area contributed by atoms with Crippen LogP contribution < -0.4 is 16.0 Å². The molecule has 3 N–H and O–H groups in total. The molecule has 0 saturated heterocycles. The number of nitrogens with zero attached hydrogens (tertiary/aromatic N) is 9. The summed E-state index contributed by atoms with van der Waals surface area (Å²) in [7, 11) is 0. The normalized spacial score (nSPS) is 15.3. The summed E-state index contributed by atoms with van der Waals surface area (Å²) in [5.74, 6) is -2.25. The number of ketones is 3. The van der Waals surface area contributed by atoms with E-state index >= 15 is 0 Å². The van der Waals surface area contributed by atoms with Gasteiger partial charge in [-0.3, -0.25) is 53.3 Å². The fourth-order valence-corrected chi connectivity index (χ4v) is 14.0. The molecule has 3 unspecified atom stereocenters. The molecule has 588 valence electrons. The Morgan fingerprint density at radius 2 is 0.788 bits per heavy atom. The largest absolute Gasteiger partial charge is 0.513 e. The molecule has 6 heterocycles. The second kappa shape index (κ2) is 38.1. The Bertz CT molecular complexity index is 5110. The highest BCUT2D eigenvalue weighted by Crippen LogP contribution is 2.44. The highest BCUT2D eigenvalue weighted by Gasteiger charge is 2.41. The second-order valence-electron chi connectivity index (χ2n) is 28.6. The fourth-order valence-electron chi connectivity index (χ4n) is 13.6. The minimum atomic E-state index is -0.856. The van der Waals surface area contributed by atoms with Crippen LogP contribution in [0, 0.1) is 64.7 Å². The quantitative estimate of drug-likeness (QED) is 0.0353. The van der Waals surface area contributed by atoms with Crippen molar-refractivity contribution >= 4 is 105 Å². The van der Waals surface area contributed by atoms with Crippen LogP contribution in [0.3, 0.4) is 0 Å². The van der Waals surface area contributed by atoms with E-state index in [0.29, 0.717) is 105 Å². The van der Waals surface area contributed by atoms with Gasteiger partial charge in [0.2, 0.25) is 0 Å². The Morgan fingerprint density at radius 1 is 0.469 bits per heavy atom. The van der Waals surface area contributed by atoms with Gasteiger partial charge in [-0.1, -0.05) is 66.3 Å². The predicted molar refractivity (Wildman–Crippen MR) is 427 cm³/mol. The minimum Gasteiger partial charge on any atom is -0.434 e. The maximum absolute atomic E-state index is 13.7. The van der Waals surface area contributed by atoms with E-state index in [1.165, 1.54) is 0 Å². The van der Waals surface area contributed by atoms with E-state index in [4.69, 9.17) is 53.8 Å². The number of rotatable bonds is 25. The summed E-state index contributed by atoms with van der Waals surface area (Å²) in [6.07, 6.45) is 17.5. The van der Waals surface area contributed by atoms with Crippen LogP contribution in [-0.4, -0.2) is 124 Å². The summed E-state index contributed by atoms with van der Waals surface area (Å²) in [6, 6.07) is 26.8. The molecule has 9 aromatic rings. The van der Waals surface area contributed by atoms with Gasteiger partial charge in [0.05, 0.1) is 79.5 Å². The molecule has 0 fully saturated rings. The first-order valence-electron chi connectivity index (χ1n) is 37.2. The molecule has 28 heteroatoms. The SMILES string of the molecule is CCCCC(=O)OC1=C(c2c(C)cc(-n3cc(Cl)cn3)cc2C)C(=O)C(CCNC(=O)c2ccccn2)C1.CCOC(=O)OC1=C(c2c(C)cc(-n3cc(Cl)cn3)cc2C)C(=O)C(CCNC(=O)c2ccccn2)C1.Cc1cc(-n2cc(Cl)cn2)cc(C)c1C1=C(OC(=O)C(C)(C)C)CC(CCNC(=O)c2ccccn2)C1=O. The van der Waals surface area contributed by atoms with Crippen LogP contribution in [-0.2, 0) is 42.9 Å². The van der Waals surface area contributed by atoms with Gasteiger partial charge in [0.1, 0.15) is 34.4 Å². The smallest absolute Gasteiger partial charge is 0.434 e. The van der Waals surface area contributed by atoms with Crippen LogP contribution in [0.1, 0.15) is 174 Å². The number of nitrogens with one attached hydrogen (secondary N) is 3. The van der Waals surface area contributed by atoms with Crippen LogP contribution in [0.4, 0.5) is 4.79 Å². The zero-order chi connectivity index (χ0) is 81.4. The number of ether oxygens (including phenoxy) is 4. The summed E-state index contributed by atoms with van der Waals surface area (Å²) >= 11 is 18.1. The number of halogens is 3. The van der Waals surface area contributed by atoms with Gasteiger partial charge >= 0.3 is 18.1 Å². The van der Waals surface area contributed by atoms with Gasteiger partial charge in [0.15, 0.2) is 17.3 Å².